The lowest BCUT2D eigenvalue weighted by Gasteiger charge is -2.03. The Balaban J connectivity index is 2.06. The minimum absolute atomic E-state index is 0.177. The van der Waals surface area contributed by atoms with Gasteiger partial charge in [0.2, 0.25) is 5.76 Å². The van der Waals surface area contributed by atoms with Crippen molar-refractivity contribution in [1.82, 2.24) is 5.16 Å². The molecule has 0 saturated heterocycles. The zero-order valence-corrected chi connectivity index (χ0v) is 8.64. The lowest BCUT2D eigenvalue weighted by atomic mass is 10.3. The van der Waals surface area contributed by atoms with Crippen LogP contribution < -0.4 is 10.1 Å². The molecule has 0 fully saturated rings. The molecule has 1 heterocycles. The molecule has 1 amide bonds. The fraction of sp³-hybridized carbons (Fsp3) is 0.0909. The summed E-state index contributed by atoms with van der Waals surface area (Å²) in [4.78, 5) is 11.6. The lowest BCUT2D eigenvalue weighted by Crippen LogP contribution is -2.10. The number of amides is 1. The summed E-state index contributed by atoms with van der Waals surface area (Å²) < 4.78 is 9.73. The standard InChI is InChI=1S/C11H10N2O3/c1-15-9-4-2-8(3-5-9)13-11(14)10-6-7-12-16-10/h2-7H,1H3,(H,13,14). The number of hydrogen-bond acceptors (Lipinski definition) is 4. The third kappa shape index (κ3) is 2.20. The van der Waals surface area contributed by atoms with Gasteiger partial charge in [0.05, 0.1) is 13.3 Å². The van der Waals surface area contributed by atoms with E-state index in [2.05, 4.69) is 10.5 Å². The Labute approximate surface area is 92.0 Å². The summed E-state index contributed by atoms with van der Waals surface area (Å²) in [6.45, 7) is 0. The van der Waals surface area contributed by atoms with Crippen LogP contribution in [0.3, 0.4) is 0 Å². The van der Waals surface area contributed by atoms with Crippen molar-refractivity contribution in [2.75, 3.05) is 12.4 Å². The van der Waals surface area contributed by atoms with Gasteiger partial charge in [0.15, 0.2) is 0 Å². The van der Waals surface area contributed by atoms with Crippen LogP contribution in [-0.2, 0) is 0 Å². The summed E-state index contributed by atoms with van der Waals surface area (Å²) in [6.07, 6.45) is 1.42. The predicted molar refractivity (Wildman–Crippen MR) is 57.5 cm³/mol. The largest absolute Gasteiger partial charge is 0.497 e. The molecule has 1 N–H and O–H groups in total. The average Bonchev–Trinajstić information content (AvgIpc) is 2.83. The van der Waals surface area contributed by atoms with E-state index in [1.807, 2.05) is 0 Å². The van der Waals surface area contributed by atoms with Crippen LogP contribution in [0.1, 0.15) is 10.6 Å². The van der Waals surface area contributed by atoms with Crippen molar-refractivity contribution in [3.8, 4) is 5.75 Å². The van der Waals surface area contributed by atoms with Crippen LogP contribution in [0.4, 0.5) is 5.69 Å². The van der Waals surface area contributed by atoms with E-state index >= 15 is 0 Å². The quantitative estimate of drug-likeness (QED) is 0.854. The summed E-state index contributed by atoms with van der Waals surface area (Å²) in [5.74, 6) is 0.580. The average molecular weight is 218 g/mol. The van der Waals surface area contributed by atoms with Crippen molar-refractivity contribution in [3.05, 3.63) is 42.3 Å². The Morgan fingerprint density at radius 1 is 1.31 bits per heavy atom. The second-order valence-corrected chi connectivity index (χ2v) is 3.06. The second kappa shape index (κ2) is 4.48. The number of carbonyl (C=O) groups is 1. The van der Waals surface area contributed by atoms with E-state index in [9.17, 15) is 4.79 Å². The highest BCUT2D eigenvalue weighted by molar-refractivity contribution is 6.02. The molecule has 0 spiro atoms. The summed E-state index contributed by atoms with van der Waals surface area (Å²) >= 11 is 0. The van der Waals surface area contributed by atoms with Crippen LogP contribution in [-0.4, -0.2) is 18.2 Å². The van der Waals surface area contributed by atoms with Gasteiger partial charge in [-0.25, -0.2) is 0 Å². The van der Waals surface area contributed by atoms with Crippen LogP contribution in [0.5, 0.6) is 5.75 Å². The minimum Gasteiger partial charge on any atom is -0.497 e. The van der Waals surface area contributed by atoms with Crippen LogP contribution in [0.15, 0.2) is 41.1 Å². The predicted octanol–water partition coefficient (Wildman–Crippen LogP) is 1.94. The third-order valence-corrected chi connectivity index (χ3v) is 2.01. The molecule has 2 aromatic rings. The first kappa shape index (κ1) is 10.2. The SMILES string of the molecule is COc1ccc(NC(=O)c2ccno2)cc1. The number of carbonyl (C=O) groups excluding carboxylic acids is 1. The Bertz CT molecular complexity index is 462. The van der Waals surface area contributed by atoms with Crippen molar-refractivity contribution in [2.45, 2.75) is 0 Å². The molecular formula is C11H10N2O3. The Hall–Kier alpha value is -2.30. The molecule has 0 unspecified atom stereocenters. The fourth-order valence-electron chi connectivity index (χ4n) is 1.20. The first-order chi connectivity index (χ1) is 7.79. The van der Waals surface area contributed by atoms with E-state index in [1.165, 1.54) is 12.3 Å². The van der Waals surface area contributed by atoms with Crippen molar-refractivity contribution in [1.29, 1.82) is 0 Å². The van der Waals surface area contributed by atoms with Gasteiger partial charge in [0, 0.05) is 11.8 Å². The van der Waals surface area contributed by atoms with E-state index in [0.717, 1.165) is 5.75 Å². The van der Waals surface area contributed by atoms with Gasteiger partial charge in [-0.1, -0.05) is 5.16 Å². The summed E-state index contributed by atoms with van der Waals surface area (Å²) in [5.41, 5.74) is 0.669. The van der Waals surface area contributed by atoms with Crippen molar-refractivity contribution in [2.24, 2.45) is 0 Å². The molecule has 0 aliphatic rings. The maximum atomic E-state index is 11.6. The normalized spacial score (nSPS) is 9.81. The molecule has 16 heavy (non-hydrogen) atoms. The first-order valence-electron chi connectivity index (χ1n) is 4.65. The van der Waals surface area contributed by atoms with Gasteiger partial charge in [0.25, 0.3) is 5.91 Å². The van der Waals surface area contributed by atoms with E-state index < -0.39 is 0 Å². The van der Waals surface area contributed by atoms with Gasteiger partial charge in [0.1, 0.15) is 5.75 Å². The summed E-state index contributed by atoms with van der Waals surface area (Å²) in [6, 6.07) is 8.51. The molecule has 82 valence electrons. The molecule has 0 aliphatic carbocycles. The number of hydrogen-bond donors (Lipinski definition) is 1. The zero-order chi connectivity index (χ0) is 11.4. The van der Waals surface area contributed by atoms with E-state index in [-0.39, 0.29) is 11.7 Å². The highest BCUT2D eigenvalue weighted by atomic mass is 16.5. The van der Waals surface area contributed by atoms with Gasteiger partial charge in [-0.3, -0.25) is 4.79 Å². The first-order valence-corrected chi connectivity index (χ1v) is 4.65. The van der Waals surface area contributed by atoms with Gasteiger partial charge in [-0.2, -0.15) is 0 Å². The molecule has 0 radical (unpaired) electrons. The highest BCUT2D eigenvalue weighted by Crippen LogP contribution is 2.15. The molecule has 2 rings (SSSR count). The van der Waals surface area contributed by atoms with Gasteiger partial charge in [-0.15, -0.1) is 0 Å². The lowest BCUT2D eigenvalue weighted by molar-refractivity contribution is 0.0988. The number of benzene rings is 1. The van der Waals surface area contributed by atoms with Gasteiger partial charge >= 0.3 is 0 Å². The molecular weight excluding hydrogens is 208 g/mol. The number of nitrogens with one attached hydrogen (secondary N) is 1. The second-order valence-electron chi connectivity index (χ2n) is 3.06. The molecule has 5 nitrogen and oxygen atoms in total. The minimum atomic E-state index is -0.331. The van der Waals surface area contributed by atoms with E-state index in [0.29, 0.717) is 5.69 Å². The van der Waals surface area contributed by atoms with Crippen LogP contribution in [0, 0.1) is 0 Å². The maximum Gasteiger partial charge on any atom is 0.294 e. The van der Waals surface area contributed by atoms with Crippen molar-refractivity contribution >= 4 is 11.6 Å². The fourth-order valence-corrected chi connectivity index (χ4v) is 1.20. The number of anilines is 1. The molecule has 1 aromatic heterocycles. The molecule has 0 bridgehead atoms. The molecule has 5 heteroatoms. The van der Waals surface area contributed by atoms with E-state index in [4.69, 9.17) is 9.26 Å². The number of aromatic nitrogens is 1. The Kier molecular flexibility index (Phi) is 2.86. The topological polar surface area (TPSA) is 64.4 Å². The Morgan fingerprint density at radius 3 is 2.62 bits per heavy atom. The molecule has 0 aliphatic heterocycles. The molecule has 1 aromatic carbocycles. The Morgan fingerprint density at radius 2 is 2.06 bits per heavy atom. The molecule has 0 atom stereocenters. The zero-order valence-electron chi connectivity index (χ0n) is 8.64. The monoisotopic (exact) mass is 218 g/mol. The molecule has 0 saturated carbocycles. The number of methoxy groups -OCH3 is 1. The number of nitrogens with zero attached hydrogens (tertiary/aromatic N) is 1. The third-order valence-electron chi connectivity index (χ3n) is 2.01. The van der Waals surface area contributed by atoms with Crippen LogP contribution >= 0.6 is 0 Å². The van der Waals surface area contributed by atoms with Crippen LogP contribution in [0.2, 0.25) is 0 Å². The van der Waals surface area contributed by atoms with Gasteiger partial charge < -0.3 is 14.6 Å². The van der Waals surface area contributed by atoms with Crippen molar-refractivity contribution < 1.29 is 14.1 Å². The highest BCUT2D eigenvalue weighted by Gasteiger charge is 2.09. The van der Waals surface area contributed by atoms with Crippen molar-refractivity contribution in [3.63, 3.8) is 0 Å². The van der Waals surface area contributed by atoms with Gasteiger partial charge in [-0.05, 0) is 24.3 Å². The van der Waals surface area contributed by atoms with E-state index in [1.54, 1.807) is 31.4 Å². The number of rotatable bonds is 3. The number of ether oxygens (including phenoxy) is 1. The maximum absolute atomic E-state index is 11.6. The summed E-state index contributed by atoms with van der Waals surface area (Å²) in [7, 11) is 1.59. The van der Waals surface area contributed by atoms with Crippen LogP contribution in [0.25, 0.3) is 0 Å². The smallest absolute Gasteiger partial charge is 0.294 e. The summed E-state index contributed by atoms with van der Waals surface area (Å²) in [5, 5.41) is 6.12.